The largest absolute Gasteiger partial charge is 0.473 e. The van der Waals surface area contributed by atoms with Gasteiger partial charge in [-0.15, -0.1) is 0 Å². The maximum atomic E-state index is 11.8. The molecule has 0 aliphatic carbocycles. The van der Waals surface area contributed by atoms with Crippen molar-refractivity contribution in [3.63, 3.8) is 0 Å². The van der Waals surface area contributed by atoms with Crippen LogP contribution in [0, 0.1) is 0 Å². The van der Waals surface area contributed by atoms with E-state index in [-0.39, 0.29) is 30.8 Å². The smallest absolute Gasteiger partial charge is 0.410 e. The Kier molecular flexibility index (Phi) is 6.73. The van der Waals surface area contributed by atoms with E-state index in [9.17, 15) is 14.4 Å². The lowest BCUT2D eigenvalue weighted by Crippen LogP contribution is -2.39. The Morgan fingerprint density at radius 1 is 1.48 bits per heavy atom. The third-order valence-corrected chi connectivity index (χ3v) is 3.07. The molecule has 1 aliphatic heterocycles. The molecule has 116 valence electrons. The molecule has 21 heavy (non-hydrogen) atoms. The highest BCUT2D eigenvalue weighted by Gasteiger charge is 2.35. The van der Waals surface area contributed by atoms with Gasteiger partial charge in [-0.05, 0) is 6.42 Å². The zero-order chi connectivity index (χ0) is 15.8. The van der Waals surface area contributed by atoms with Gasteiger partial charge in [-0.25, -0.2) is 9.59 Å². The van der Waals surface area contributed by atoms with Crippen molar-refractivity contribution in [2.75, 3.05) is 19.8 Å². The van der Waals surface area contributed by atoms with Crippen LogP contribution in [0.3, 0.4) is 0 Å². The van der Waals surface area contributed by atoms with Crippen molar-refractivity contribution in [1.29, 1.82) is 0 Å². The minimum Gasteiger partial charge on any atom is -0.473 e. The second kappa shape index (κ2) is 8.30. The predicted molar refractivity (Wildman–Crippen MR) is 78.5 cm³/mol. The van der Waals surface area contributed by atoms with Crippen LogP contribution in [0.2, 0.25) is 0 Å². The lowest BCUT2D eigenvalue weighted by Gasteiger charge is -2.23. The van der Waals surface area contributed by atoms with E-state index in [1.807, 2.05) is 0 Å². The number of thiol groups is 1. The van der Waals surface area contributed by atoms with Crippen LogP contribution in [0.15, 0.2) is 17.6 Å². The summed E-state index contributed by atoms with van der Waals surface area (Å²) in [7, 11) is 0. The number of nitrogens with zero attached hydrogens (tertiary/aromatic N) is 2. The average Bonchev–Trinajstić information content (AvgIpc) is 2.81. The fraction of sp³-hybridized carbons (Fsp3) is 0.500. The van der Waals surface area contributed by atoms with Crippen LogP contribution in [-0.4, -0.2) is 60.3 Å². The van der Waals surface area contributed by atoms with Crippen LogP contribution < -0.4 is 5.73 Å². The van der Waals surface area contributed by atoms with Gasteiger partial charge in [0, 0.05) is 11.8 Å². The third-order valence-electron chi connectivity index (χ3n) is 2.70. The molecular formula is C12H17N3O5S. The second-order valence-corrected chi connectivity index (χ2v) is 5.01. The van der Waals surface area contributed by atoms with Gasteiger partial charge in [0.15, 0.2) is 0 Å². The van der Waals surface area contributed by atoms with E-state index in [0.717, 1.165) is 0 Å². The molecule has 1 rings (SSSR count). The van der Waals surface area contributed by atoms with Gasteiger partial charge >= 0.3 is 12.1 Å². The first-order valence-electron chi connectivity index (χ1n) is 6.16. The Hall–Kier alpha value is -2.03. The van der Waals surface area contributed by atoms with Crippen molar-refractivity contribution in [1.82, 2.24) is 4.90 Å². The van der Waals surface area contributed by atoms with Crippen LogP contribution in [0.4, 0.5) is 9.59 Å². The summed E-state index contributed by atoms with van der Waals surface area (Å²) < 4.78 is 10.1. The molecule has 1 heterocycles. The number of rotatable bonds is 5. The number of aliphatic imine (C=N–C) groups is 1. The molecule has 0 spiro atoms. The first kappa shape index (κ1) is 17.0. The molecule has 0 aromatic carbocycles. The average molecular weight is 315 g/mol. The maximum absolute atomic E-state index is 11.8. The van der Waals surface area contributed by atoms with E-state index in [0.29, 0.717) is 13.0 Å². The Bertz CT molecular complexity index is 454. The lowest BCUT2D eigenvalue weighted by atomic mass is 10.2. The number of urea groups is 1. The van der Waals surface area contributed by atoms with Crippen LogP contribution in [0.25, 0.3) is 0 Å². The number of aldehydes is 1. The first-order valence-corrected chi connectivity index (χ1v) is 6.68. The summed E-state index contributed by atoms with van der Waals surface area (Å²) in [5, 5.41) is -0.0253. The van der Waals surface area contributed by atoms with E-state index < -0.39 is 18.0 Å². The Morgan fingerprint density at radius 3 is 2.76 bits per heavy atom. The van der Waals surface area contributed by atoms with Crippen molar-refractivity contribution in [3.8, 4) is 0 Å². The molecule has 1 fully saturated rings. The number of primary amides is 1. The van der Waals surface area contributed by atoms with E-state index in [1.54, 1.807) is 0 Å². The Labute approximate surface area is 127 Å². The van der Waals surface area contributed by atoms with E-state index in [1.165, 1.54) is 11.0 Å². The van der Waals surface area contributed by atoms with Gasteiger partial charge in [0.1, 0.15) is 13.2 Å². The summed E-state index contributed by atoms with van der Waals surface area (Å²) in [6.45, 7) is 3.95. The molecule has 9 heteroatoms. The molecule has 0 saturated carbocycles. The van der Waals surface area contributed by atoms with Gasteiger partial charge < -0.3 is 20.1 Å². The zero-order valence-electron chi connectivity index (χ0n) is 11.3. The van der Waals surface area contributed by atoms with E-state index in [4.69, 9.17) is 15.2 Å². The quantitative estimate of drug-likeness (QED) is 0.250. The molecule has 2 atom stereocenters. The molecule has 0 aromatic rings. The summed E-state index contributed by atoms with van der Waals surface area (Å²) >= 11 is 4.32. The fourth-order valence-corrected chi connectivity index (χ4v) is 2.29. The van der Waals surface area contributed by atoms with Crippen LogP contribution in [0.5, 0.6) is 0 Å². The minimum atomic E-state index is -1.03. The van der Waals surface area contributed by atoms with Crippen molar-refractivity contribution in [2.45, 2.75) is 17.7 Å². The van der Waals surface area contributed by atoms with Crippen molar-refractivity contribution in [2.24, 2.45) is 10.7 Å². The van der Waals surface area contributed by atoms with Gasteiger partial charge in [-0.1, -0.05) is 12.7 Å². The standard InChI is InChI=1S/C12H17N3O5S/c1-2-3-19-12(18)15-5-9(21)4-8(15)7-20-10(6-16)14-11(13)17/h2,6,8-9,21H,1,3-5,7H2,(H2,13,17)/t8-,9-/m0/s1. The topological polar surface area (TPSA) is 111 Å². The van der Waals surface area contributed by atoms with Crippen LogP contribution >= 0.6 is 12.6 Å². The molecule has 0 unspecified atom stereocenters. The number of hydrogen-bond acceptors (Lipinski definition) is 6. The molecular weight excluding hydrogens is 298 g/mol. The van der Waals surface area contributed by atoms with Gasteiger partial charge in [0.25, 0.3) is 5.90 Å². The molecule has 2 N–H and O–H groups in total. The Morgan fingerprint density at radius 2 is 2.19 bits per heavy atom. The highest BCUT2D eigenvalue weighted by atomic mass is 32.1. The molecule has 0 radical (unpaired) electrons. The van der Waals surface area contributed by atoms with E-state index in [2.05, 4.69) is 24.2 Å². The van der Waals surface area contributed by atoms with Gasteiger partial charge in [-0.3, -0.25) is 4.79 Å². The van der Waals surface area contributed by atoms with Gasteiger partial charge in [0.05, 0.1) is 6.04 Å². The summed E-state index contributed by atoms with van der Waals surface area (Å²) in [5.41, 5.74) is 4.83. The number of carbonyl (C=O) groups is 3. The number of nitrogens with two attached hydrogens (primary N) is 1. The lowest BCUT2D eigenvalue weighted by molar-refractivity contribution is -0.104. The summed E-state index contributed by atoms with van der Waals surface area (Å²) in [6, 6.07) is -1.36. The van der Waals surface area contributed by atoms with Crippen molar-refractivity contribution in [3.05, 3.63) is 12.7 Å². The van der Waals surface area contributed by atoms with Crippen LogP contribution in [-0.2, 0) is 14.3 Å². The Balaban J connectivity index is 2.62. The third kappa shape index (κ3) is 5.46. The normalized spacial score (nSPS) is 21.8. The molecule has 0 bridgehead atoms. The van der Waals surface area contributed by atoms with Crippen molar-refractivity contribution < 1.29 is 23.9 Å². The number of amides is 3. The number of hydrogen-bond donors (Lipinski definition) is 2. The molecule has 1 aliphatic rings. The molecule has 3 amide bonds. The maximum Gasteiger partial charge on any atom is 0.410 e. The SMILES string of the molecule is C=CCOC(=O)N1C[C@@H](S)C[C@H]1COC(C=O)=NC(N)=O. The van der Waals surface area contributed by atoms with Crippen LogP contribution in [0.1, 0.15) is 6.42 Å². The number of carbonyl (C=O) groups excluding carboxylic acids is 3. The summed E-state index contributed by atoms with van der Waals surface area (Å²) in [5.74, 6) is -0.426. The number of ether oxygens (including phenoxy) is 2. The van der Waals surface area contributed by atoms with Gasteiger partial charge in [0.2, 0.25) is 6.29 Å². The monoisotopic (exact) mass is 315 g/mol. The summed E-state index contributed by atoms with van der Waals surface area (Å²) in [6.07, 6.45) is 1.79. The second-order valence-electron chi connectivity index (χ2n) is 4.28. The minimum absolute atomic E-state index is 0.00883. The highest BCUT2D eigenvalue weighted by molar-refractivity contribution is 7.81. The first-order chi connectivity index (χ1) is 9.97. The molecule has 8 nitrogen and oxygen atoms in total. The van der Waals surface area contributed by atoms with Crippen molar-refractivity contribution >= 4 is 36.9 Å². The molecule has 1 saturated heterocycles. The zero-order valence-corrected chi connectivity index (χ0v) is 12.2. The number of likely N-dealkylation sites (tertiary alicyclic amines) is 1. The fourth-order valence-electron chi connectivity index (χ4n) is 1.87. The predicted octanol–water partition coefficient (Wildman–Crippen LogP) is 0.374. The summed E-state index contributed by atoms with van der Waals surface area (Å²) in [4.78, 5) is 37.8. The highest BCUT2D eigenvalue weighted by Crippen LogP contribution is 2.23. The van der Waals surface area contributed by atoms with Gasteiger partial charge in [-0.2, -0.15) is 17.6 Å². The van der Waals surface area contributed by atoms with E-state index >= 15 is 0 Å². The molecule has 0 aromatic heterocycles.